The van der Waals surface area contributed by atoms with Gasteiger partial charge in [0, 0.05) is 6.20 Å². The van der Waals surface area contributed by atoms with E-state index in [4.69, 9.17) is 0 Å². The molecular formula is C25H26N2O2. The molecule has 2 aromatic carbocycles. The van der Waals surface area contributed by atoms with Gasteiger partial charge in [0.15, 0.2) is 0 Å². The van der Waals surface area contributed by atoms with Crippen LogP contribution in [0.3, 0.4) is 0 Å². The average molecular weight is 386 g/mol. The summed E-state index contributed by atoms with van der Waals surface area (Å²) >= 11 is 0. The minimum absolute atomic E-state index is 0.0751. The van der Waals surface area contributed by atoms with Crippen molar-refractivity contribution in [3.05, 3.63) is 106 Å². The minimum atomic E-state index is -0.308. The van der Waals surface area contributed by atoms with Crippen molar-refractivity contribution in [2.75, 3.05) is 0 Å². The monoisotopic (exact) mass is 386 g/mol. The van der Waals surface area contributed by atoms with Gasteiger partial charge >= 0.3 is 0 Å². The van der Waals surface area contributed by atoms with Crippen molar-refractivity contribution in [3.8, 4) is 0 Å². The van der Waals surface area contributed by atoms with Gasteiger partial charge in [-0.2, -0.15) is 0 Å². The van der Waals surface area contributed by atoms with Gasteiger partial charge in [-0.3, -0.25) is 9.59 Å². The number of nitrogens with zero attached hydrogens (tertiary/aromatic N) is 1. The van der Waals surface area contributed by atoms with E-state index in [1.54, 1.807) is 22.9 Å². The fraction of sp³-hybridized carbons (Fsp3) is 0.280. The van der Waals surface area contributed by atoms with Crippen LogP contribution in [0, 0.1) is 0 Å². The van der Waals surface area contributed by atoms with Crippen molar-refractivity contribution < 1.29 is 4.79 Å². The first-order chi connectivity index (χ1) is 14.0. The number of hydrogen-bond acceptors (Lipinski definition) is 2. The van der Waals surface area contributed by atoms with Gasteiger partial charge in [0.1, 0.15) is 5.56 Å². The summed E-state index contributed by atoms with van der Waals surface area (Å²) < 4.78 is 1.59. The number of fused-ring (bicyclic) bond motifs is 1. The normalized spacial score (nSPS) is 17.4. The molecule has 1 aromatic heterocycles. The molecule has 0 saturated heterocycles. The molecule has 0 fully saturated rings. The Labute approximate surface area is 171 Å². The summed E-state index contributed by atoms with van der Waals surface area (Å²) in [6, 6.07) is 21.3. The van der Waals surface area contributed by atoms with E-state index in [9.17, 15) is 9.59 Å². The van der Waals surface area contributed by atoms with E-state index in [-0.39, 0.29) is 28.5 Å². The molecule has 0 aliphatic heterocycles. The maximum atomic E-state index is 13.0. The third kappa shape index (κ3) is 3.88. The van der Waals surface area contributed by atoms with E-state index < -0.39 is 0 Å². The van der Waals surface area contributed by atoms with Crippen molar-refractivity contribution in [1.82, 2.24) is 9.88 Å². The summed E-state index contributed by atoms with van der Waals surface area (Å²) in [4.78, 5) is 25.9. The molecule has 1 aliphatic carbocycles. The van der Waals surface area contributed by atoms with Crippen molar-refractivity contribution in [1.29, 1.82) is 0 Å². The lowest BCUT2D eigenvalue weighted by atomic mass is 9.71. The van der Waals surface area contributed by atoms with Crippen LogP contribution in [-0.4, -0.2) is 10.5 Å². The molecule has 148 valence electrons. The van der Waals surface area contributed by atoms with Crippen molar-refractivity contribution >= 4 is 5.91 Å². The van der Waals surface area contributed by atoms with Gasteiger partial charge in [-0.05, 0) is 47.1 Å². The fourth-order valence-corrected chi connectivity index (χ4v) is 4.21. The standard InChI is InChI=1S/C25H26N2O2/c1-25(2)15-14-22(19-11-6-7-13-21(19)25)26-23(28)20-12-8-16-27(24(20)29)17-18-9-4-3-5-10-18/h3-13,16,22H,14-15,17H2,1-2H3,(H,26,28). The summed E-state index contributed by atoms with van der Waals surface area (Å²) in [6.45, 7) is 4.92. The zero-order chi connectivity index (χ0) is 20.4. The highest BCUT2D eigenvalue weighted by Crippen LogP contribution is 2.41. The molecule has 1 atom stereocenters. The molecule has 0 radical (unpaired) electrons. The fourth-order valence-electron chi connectivity index (χ4n) is 4.21. The average Bonchev–Trinajstić information content (AvgIpc) is 2.73. The highest BCUT2D eigenvalue weighted by atomic mass is 16.2. The molecule has 1 amide bonds. The smallest absolute Gasteiger partial charge is 0.263 e. The maximum Gasteiger partial charge on any atom is 0.263 e. The summed E-state index contributed by atoms with van der Waals surface area (Å²) in [6.07, 6.45) is 3.58. The van der Waals surface area contributed by atoms with E-state index in [0.29, 0.717) is 6.54 Å². The van der Waals surface area contributed by atoms with Crippen LogP contribution in [-0.2, 0) is 12.0 Å². The summed E-state index contributed by atoms with van der Waals surface area (Å²) in [5, 5.41) is 3.11. The van der Waals surface area contributed by atoms with Gasteiger partial charge in [0.05, 0.1) is 12.6 Å². The van der Waals surface area contributed by atoms with E-state index in [1.807, 2.05) is 42.5 Å². The molecule has 0 bridgehead atoms. The van der Waals surface area contributed by atoms with E-state index in [2.05, 4.69) is 31.3 Å². The topological polar surface area (TPSA) is 51.1 Å². The number of rotatable bonds is 4. The van der Waals surface area contributed by atoms with Crippen molar-refractivity contribution in [3.63, 3.8) is 0 Å². The van der Waals surface area contributed by atoms with Gasteiger partial charge in [0.25, 0.3) is 11.5 Å². The van der Waals surface area contributed by atoms with E-state index in [0.717, 1.165) is 24.0 Å². The van der Waals surface area contributed by atoms with Crippen LogP contribution >= 0.6 is 0 Å². The van der Waals surface area contributed by atoms with Crippen LogP contribution in [0.5, 0.6) is 0 Å². The molecule has 29 heavy (non-hydrogen) atoms. The second-order valence-corrected chi connectivity index (χ2v) is 8.38. The number of amides is 1. The summed E-state index contributed by atoms with van der Waals surface area (Å²) in [5.74, 6) is -0.308. The van der Waals surface area contributed by atoms with Crippen LogP contribution in [0.4, 0.5) is 0 Å². The number of nitrogens with one attached hydrogen (secondary N) is 1. The predicted molar refractivity (Wildman–Crippen MR) is 115 cm³/mol. The first-order valence-electron chi connectivity index (χ1n) is 10.1. The zero-order valence-electron chi connectivity index (χ0n) is 16.9. The number of pyridine rings is 1. The van der Waals surface area contributed by atoms with Gasteiger partial charge < -0.3 is 9.88 Å². The van der Waals surface area contributed by atoms with Crippen LogP contribution in [0.25, 0.3) is 0 Å². The van der Waals surface area contributed by atoms with Gasteiger partial charge in [-0.25, -0.2) is 0 Å². The molecule has 0 saturated carbocycles. The maximum absolute atomic E-state index is 13.0. The molecule has 1 aliphatic rings. The van der Waals surface area contributed by atoms with Crippen LogP contribution in [0.1, 0.15) is 59.8 Å². The number of aromatic nitrogens is 1. The van der Waals surface area contributed by atoms with Gasteiger partial charge in [0.2, 0.25) is 0 Å². The first kappa shape index (κ1) is 19.2. The lowest BCUT2D eigenvalue weighted by Crippen LogP contribution is -2.38. The molecule has 1 N–H and O–H groups in total. The largest absolute Gasteiger partial charge is 0.345 e. The highest BCUT2D eigenvalue weighted by Gasteiger charge is 2.33. The molecule has 1 unspecified atom stereocenters. The molecule has 1 heterocycles. The van der Waals surface area contributed by atoms with Crippen LogP contribution in [0.2, 0.25) is 0 Å². The zero-order valence-corrected chi connectivity index (χ0v) is 16.9. The lowest BCUT2D eigenvalue weighted by molar-refractivity contribution is 0.0927. The van der Waals surface area contributed by atoms with Gasteiger partial charge in [-0.15, -0.1) is 0 Å². The second kappa shape index (κ2) is 7.70. The Morgan fingerprint density at radius 2 is 1.76 bits per heavy atom. The Hall–Kier alpha value is -3.14. The second-order valence-electron chi connectivity index (χ2n) is 8.38. The van der Waals surface area contributed by atoms with Gasteiger partial charge in [-0.1, -0.05) is 68.4 Å². The predicted octanol–water partition coefficient (Wildman–Crippen LogP) is 4.44. The third-order valence-electron chi connectivity index (χ3n) is 5.89. The van der Waals surface area contributed by atoms with E-state index in [1.165, 1.54) is 5.56 Å². The molecule has 3 aromatic rings. The molecule has 4 nitrogen and oxygen atoms in total. The summed E-state index contributed by atoms with van der Waals surface area (Å²) in [7, 11) is 0. The van der Waals surface area contributed by atoms with Crippen LogP contribution < -0.4 is 10.9 Å². The summed E-state index contributed by atoms with van der Waals surface area (Å²) in [5.41, 5.74) is 3.45. The highest BCUT2D eigenvalue weighted by molar-refractivity contribution is 5.94. The SMILES string of the molecule is CC1(C)CCC(NC(=O)c2cccn(Cc3ccccc3)c2=O)c2ccccc21. The number of hydrogen-bond donors (Lipinski definition) is 1. The molecule has 4 heteroatoms. The Balaban J connectivity index is 1.58. The Kier molecular flexibility index (Phi) is 5.10. The van der Waals surface area contributed by atoms with E-state index >= 15 is 0 Å². The Morgan fingerprint density at radius 1 is 1.03 bits per heavy atom. The minimum Gasteiger partial charge on any atom is -0.345 e. The molecule has 0 spiro atoms. The quantitative estimate of drug-likeness (QED) is 0.721. The molecule has 4 rings (SSSR count). The van der Waals surface area contributed by atoms with Crippen LogP contribution in [0.15, 0.2) is 77.7 Å². The third-order valence-corrected chi connectivity index (χ3v) is 5.89. The number of carbonyl (C=O) groups excluding carboxylic acids is 1. The first-order valence-corrected chi connectivity index (χ1v) is 10.1. The Morgan fingerprint density at radius 3 is 2.55 bits per heavy atom. The van der Waals surface area contributed by atoms with Crippen molar-refractivity contribution in [2.45, 2.75) is 44.7 Å². The number of benzene rings is 2. The molecular weight excluding hydrogens is 360 g/mol. The Bertz CT molecular complexity index is 1080. The lowest BCUT2D eigenvalue weighted by Gasteiger charge is -2.37. The van der Waals surface area contributed by atoms with Crippen molar-refractivity contribution in [2.24, 2.45) is 0 Å². The number of carbonyl (C=O) groups is 1.